The molecule has 0 radical (unpaired) electrons. The summed E-state index contributed by atoms with van der Waals surface area (Å²) in [5.74, 6) is -0.177. The normalized spacial score (nSPS) is 12.5. The Hall–Kier alpha value is -2.58. The molecule has 1 amide bonds. The topological polar surface area (TPSA) is 76.9 Å². The maximum Gasteiger partial charge on any atom is 0.272 e. The number of hydrogen-bond acceptors (Lipinski definition) is 6. The van der Waals surface area contributed by atoms with Crippen LogP contribution in [0.25, 0.3) is 20.4 Å². The standard InChI is InChI=1S/C18H16N4O2S2/c1-2-13(16(23)20-9-11-5-4-8-25-11)22-10-21-14-12-6-3-7-19-17(12)26-15(14)18(22)24/h3-8,10,13H,2,9H2,1H3,(H,20,23). The van der Waals surface area contributed by atoms with E-state index in [0.717, 1.165) is 15.1 Å². The lowest BCUT2D eigenvalue weighted by molar-refractivity contribution is -0.124. The zero-order chi connectivity index (χ0) is 18.1. The highest BCUT2D eigenvalue weighted by Crippen LogP contribution is 2.28. The summed E-state index contributed by atoms with van der Waals surface area (Å²) < 4.78 is 1.97. The Morgan fingerprint density at radius 2 is 2.19 bits per heavy atom. The molecule has 8 heteroatoms. The lowest BCUT2D eigenvalue weighted by Gasteiger charge is -2.17. The second-order valence-corrected chi connectivity index (χ2v) is 7.85. The van der Waals surface area contributed by atoms with Crippen LogP contribution in [0.4, 0.5) is 0 Å². The number of amides is 1. The summed E-state index contributed by atoms with van der Waals surface area (Å²) in [7, 11) is 0. The molecule has 1 N–H and O–H groups in total. The third kappa shape index (κ3) is 2.91. The van der Waals surface area contributed by atoms with Crippen molar-refractivity contribution < 1.29 is 4.79 Å². The molecule has 4 aromatic rings. The first-order valence-electron chi connectivity index (χ1n) is 8.23. The van der Waals surface area contributed by atoms with Crippen molar-refractivity contribution in [1.29, 1.82) is 0 Å². The van der Waals surface area contributed by atoms with Gasteiger partial charge in [-0.2, -0.15) is 0 Å². The summed E-state index contributed by atoms with van der Waals surface area (Å²) >= 11 is 2.90. The second-order valence-electron chi connectivity index (χ2n) is 5.81. The van der Waals surface area contributed by atoms with E-state index in [1.807, 2.05) is 36.6 Å². The number of nitrogens with zero attached hydrogens (tertiary/aromatic N) is 3. The fourth-order valence-corrected chi connectivity index (χ4v) is 4.60. The van der Waals surface area contributed by atoms with E-state index in [4.69, 9.17) is 0 Å². The highest BCUT2D eigenvalue weighted by molar-refractivity contribution is 7.25. The SMILES string of the molecule is CCC(C(=O)NCc1cccs1)n1cnc2c(sc3ncccc32)c1=O. The summed E-state index contributed by atoms with van der Waals surface area (Å²) in [6, 6.07) is 7.06. The van der Waals surface area contributed by atoms with Crippen molar-refractivity contribution in [2.45, 2.75) is 25.9 Å². The Morgan fingerprint density at radius 1 is 1.31 bits per heavy atom. The van der Waals surface area contributed by atoms with Crippen LogP contribution >= 0.6 is 22.7 Å². The van der Waals surface area contributed by atoms with Gasteiger partial charge in [-0.05, 0) is 30.0 Å². The van der Waals surface area contributed by atoms with Gasteiger partial charge in [-0.3, -0.25) is 14.2 Å². The van der Waals surface area contributed by atoms with E-state index in [1.165, 1.54) is 22.2 Å². The predicted octanol–water partition coefficient (Wildman–Crippen LogP) is 3.34. The molecule has 4 aromatic heterocycles. The minimum absolute atomic E-state index is 0.177. The maximum absolute atomic E-state index is 13.0. The van der Waals surface area contributed by atoms with Gasteiger partial charge >= 0.3 is 0 Å². The largest absolute Gasteiger partial charge is 0.349 e. The Balaban J connectivity index is 1.69. The molecular weight excluding hydrogens is 368 g/mol. The van der Waals surface area contributed by atoms with E-state index >= 15 is 0 Å². The molecule has 1 unspecified atom stereocenters. The van der Waals surface area contributed by atoms with Gasteiger partial charge in [0, 0.05) is 16.5 Å². The molecule has 0 saturated heterocycles. The van der Waals surface area contributed by atoms with Gasteiger partial charge < -0.3 is 5.32 Å². The van der Waals surface area contributed by atoms with Gasteiger partial charge in [0.2, 0.25) is 5.91 Å². The molecule has 0 spiro atoms. The van der Waals surface area contributed by atoms with Crippen LogP contribution in [0.15, 0.2) is 47.0 Å². The van der Waals surface area contributed by atoms with Crippen molar-refractivity contribution >= 4 is 49.0 Å². The minimum Gasteiger partial charge on any atom is -0.349 e. The van der Waals surface area contributed by atoms with Gasteiger partial charge in [0.25, 0.3) is 5.56 Å². The molecule has 4 heterocycles. The van der Waals surface area contributed by atoms with E-state index in [-0.39, 0.29) is 11.5 Å². The Kier molecular flexibility index (Phi) is 4.52. The van der Waals surface area contributed by atoms with E-state index < -0.39 is 6.04 Å². The molecule has 0 aliphatic heterocycles. The number of hydrogen-bond donors (Lipinski definition) is 1. The summed E-state index contributed by atoms with van der Waals surface area (Å²) in [6.45, 7) is 2.35. The van der Waals surface area contributed by atoms with Gasteiger partial charge in [-0.15, -0.1) is 22.7 Å². The van der Waals surface area contributed by atoms with E-state index in [0.29, 0.717) is 23.2 Å². The van der Waals surface area contributed by atoms with E-state index in [2.05, 4.69) is 15.3 Å². The number of nitrogens with one attached hydrogen (secondary N) is 1. The van der Waals surface area contributed by atoms with Crippen molar-refractivity contribution in [2.24, 2.45) is 0 Å². The third-order valence-corrected chi connectivity index (χ3v) is 6.19. The summed E-state index contributed by atoms with van der Waals surface area (Å²) in [4.78, 5) is 36.2. The van der Waals surface area contributed by atoms with Gasteiger partial charge in [0.05, 0.1) is 18.4 Å². The molecule has 0 saturated carbocycles. The number of pyridine rings is 1. The van der Waals surface area contributed by atoms with E-state index in [1.54, 1.807) is 17.5 Å². The van der Waals surface area contributed by atoms with Crippen LogP contribution in [0.1, 0.15) is 24.3 Å². The van der Waals surface area contributed by atoms with Gasteiger partial charge in [-0.25, -0.2) is 9.97 Å². The first-order valence-corrected chi connectivity index (χ1v) is 9.93. The highest BCUT2D eigenvalue weighted by Gasteiger charge is 2.22. The molecule has 0 fully saturated rings. The van der Waals surface area contributed by atoms with Crippen LogP contribution in [-0.4, -0.2) is 20.4 Å². The molecule has 4 rings (SSSR count). The van der Waals surface area contributed by atoms with Crippen molar-refractivity contribution in [1.82, 2.24) is 19.9 Å². The van der Waals surface area contributed by atoms with Gasteiger partial charge in [0.1, 0.15) is 15.6 Å². The first kappa shape index (κ1) is 16.9. The molecule has 0 aromatic carbocycles. The Morgan fingerprint density at radius 3 is 2.96 bits per heavy atom. The molecule has 0 bridgehead atoms. The molecular formula is C18H16N4O2S2. The molecule has 6 nitrogen and oxygen atoms in total. The highest BCUT2D eigenvalue weighted by atomic mass is 32.1. The average molecular weight is 384 g/mol. The zero-order valence-corrected chi connectivity index (χ0v) is 15.6. The molecule has 132 valence electrons. The van der Waals surface area contributed by atoms with Gasteiger partial charge in [-0.1, -0.05) is 13.0 Å². The number of thiophene rings is 2. The number of rotatable bonds is 5. The average Bonchev–Trinajstić information content (AvgIpc) is 3.30. The fraction of sp³-hybridized carbons (Fsp3) is 0.222. The number of carbonyl (C=O) groups excluding carboxylic acids is 1. The molecule has 0 aliphatic carbocycles. The minimum atomic E-state index is -0.586. The fourth-order valence-electron chi connectivity index (χ4n) is 2.92. The van der Waals surface area contributed by atoms with Crippen molar-refractivity contribution in [3.63, 3.8) is 0 Å². The Labute approximate surface area is 157 Å². The molecule has 1 atom stereocenters. The van der Waals surface area contributed by atoms with Crippen LogP contribution in [0.3, 0.4) is 0 Å². The predicted molar refractivity (Wildman–Crippen MR) is 105 cm³/mol. The quantitative estimate of drug-likeness (QED) is 0.573. The third-order valence-electron chi connectivity index (χ3n) is 4.22. The van der Waals surface area contributed by atoms with Crippen molar-refractivity contribution in [3.8, 4) is 0 Å². The number of fused-ring (bicyclic) bond motifs is 3. The van der Waals surface area contributed by atoms with E-state index in [9.17, 15) is 9.59 Å². The van der Waals surface area contributed by atoms with Crippen LogP contribution in [0.5, 0.6) is 0 Å². The monoisotopic (exact) mass is 384 g/mol. The zero-order valence-electron chi connectivity index (χ0n) is 14.0. The summed E-state index contributed by atoms with van der Waals surface area (Å²) in [5, 5.41) is 5.75. The van der Waals surface area contributed by atoms with Crippen LogP contribution in [0, 0.1) is 0 Å². The summed E-state index contributed by atoms with van der Waals surface area (Å²) in [6.07, 6.45) is 3.68. The van der Waals surface area contributed by atoms with Gasteiger partial charge in [0.15, 0.2) is 0 Å². The summed E-state index contributed by atoms with van der Waals surface area (Å²) in [5.41, 5.74) is 0.448. The second kappa shape index (κ2) is 6.97. The molecule has 26 heavy (non-hydrogen) atoms. The van der Waals surface area contributed by atoms with Crippen molar-refractivity contribution in [2.75, 3.05) is 0 Å². The smallest absolute Gasteiger partial charge is 0.272 e. The van der Waals surface area contributed by atoms with Crippen LogP contribution in [-0.2, 0) is 11.3 Å². The van der Waals surface area contributed by atoms with Crippen LogP contribution < -0.4 is 10.9 Å². The number of carbonyl (C=O) groups is 1. The number of aromatic nitrogens is 3. The van der Waals surface area contributed by atoms with Crippen LogP contribution in [0.2, 0.25) is 0 Å². The van der Waals surface area contributed by atoms with Crippen molar-refractivity contribution in [3.05, 3.63) is 57.4 Å². The maximum atomic E-state index is 13.0. The Bertz CT molecular complexity index is 1130. The first-order chi connectivity index (χ1) is 12.7. The molecule has 0 aliphatic rings. The lowest BCUT2D eigenvalue weighted by atomic mass is 10.2. The lowest BCUT2D eigenvalue weighted by Crippen LogP contribution is -2.36.